The SMILES string of the molecule is CCN(CC)c1ccc(NC(=O)OC2CS(=O)(=O)C(Cl)c3ccccc32)c(C)c1. The lowest BCUT2D eigenvalue weighted by molar-refractivity contribution is 0.121. The molecular weight excluding hydrogens is 412 g/mol. The number of halogens is 1. The molecule has 0 aliphatic carbocycles. The Bertz CT molecular complexity index is 1010. The van der Waals surface area contributed by atoms with Gasteiger partial charge < -0.3 is 9.64 Å². The van der Waals surface area contributed by atoms with E-state index in [1.807, 2.05) is 25.1 Å². The summed E-state index contributed by atoms with van der Waals surface area (Å²) in [5.41, 5.74) is 3.66. The van der Waals surface area contributed by atoms with Gasteiger partial charge in [0.1, 0.15) is 6.10 Å². The van der Waals surface area contributed by atoms with E-state index >= 15 is 0 Å². The van der Waals surface area contributed by atoms with E-state index in [4.69, 9.17) is 16.3 Å². The van der Waals surface area contributed by atoms with Gasteiger partial charge in [-0.25, -0.2) is 13.2 Å². The fourth-order valence-corrected chi connectivity index (χ4v) is 5.39. The molecule has 0 fully saturated rings. The van der Waals surface area contributed by atoms with Gasteiger partial charge in [-0.3, -0.25) is 5.32 Å². The maximum absolute atomic E-state index is 12.5. The summed E-state index contributed by atoms with van der Waals surface area (Å²) in [6, 6.07) is 12.6. The van der Waals surface area contributed by atoms with Crippen molar-refractivity contribution >= 4 is 38.9 Å². The van der Waals surface area contributed by atoms with Gasteiger partial charge in [0.15, 0.2) is 14.5 Å². The first-order valence-corrected chi connectivity index (χ1v) is 11.7. The molecule has 1 amide bonds. The smallest absolute Gasteiger partial charge is 0.412 e. The van der Waals surface area contributed by atoms with Gasteiger partial charge in [0.2, 0.25) is 0 Å². The topological polar surface area (TPSA) is 75.7 Å². The van der Waals surface area contributed by atoms with E-state index in [1.165, 1.54) is 0 Å². The van der Waals surface area contributed by atoms with E-state index in [9.17, 15) is 13.2 Å². The average Bonchev–Trinajstić information content (AvgIpc) is 2.69. The molecule has 2 atom stereocenters. The Kier molecular flexibility index (Phi) is 6.39. The van der Waals surface area contributed by atoms with Crippen LogP contribution < -0.4 is 10.2 Å². The third-order valence-corrected chi connectivity index (χ3v) is 7.81. The summed E-state index contributed by atoms with van der Waals surface area (Å²) in [7, 11) is -3.62. The fourth-order valence-electron chi connectivity index (χ4n) is 3.53. The van der Waals surface area contributed by atoms with Crippen molar-refractivity contribution in [3.05, 3.63) is 59.2 Å². The van der Waals surface area contributed by atoms with Crippen LogP contribution in [0.15, 0.2) is 42.5 Å². The summed E-state index contributed by atoms with van der Waals surface area (Å²) in [5.74, 6) is -0.342. The lowest BCUT2D eigenvalue weighted by Crippen LogP contribution is -2.30. The van der Waals surface area contributed by atoms with Gasteiger partial charge in [-0.15, -0.1) is 11.6 Å². The van der Waals surface area contributed by atoms with E-state index in [1.54, 1.807) is 24.3 Å². The number of nitrogens with zero attached hydrogens (tertiary/aromatic N) is 1. The summed E-state index contributed by atoms with van der Waals surface area (Å²) in [6.07, 6.45) is -1.60. The van der Waals surface area contributed by atoms with Crippen LogP contribution in [0.25, 0.3) is 0 Å². The molecule has 0 spiro atoms. The van der Waals surface area contributed by atoms with Crippen LogP contribution in [0.1, 0.15) is 41.4 Å². The highest BCUT2D eigenvalue weighted by atomic mass is 35.5. The van der Waals surface area contributed by atoms with Crippen molar-refractivity contribution < 1.29 is 17.9 Å². The van der Waals surface area contributed by atoms with Crippen LogP contribution in [0.5, 0.6) is 0 Å². The number of fused-ring (bicyclic) bond motifs is 1. The van der Waals surface area contributed by atoms with Crippen LogP contribution in [0.2, 0.25) is 0 Å². The summed E-state index contributed by atoms with van der Waals surface area (Å²) in [5, 5.41) is 2.72. The number of hydrogen-bond donors (Lipinski definition) is 1. The number of benzene rings is 2. The highest BCUT2D eigenvalue weighted by molar-refractivity contribution is 7.92. The second-order valence-corrected chi connectivity index (χ2v) is 9.79. The molecule has 0 radical (unpaired) electrons. The van der Waals surface area contributed by atoms with E-state index < -0.39 is 26.7 Å². The van der Waals surface area contributed by atoms with E-state index in [2.05, 4.69) is 24.1 Å². The molecule has 1 N–H and O–H groups in total. The molecule has 1 heterocycles. The highest BCUT2D eigenvalue weighted by Crippen LogP contribution is 2.41. The molecule has 1 aliphatic rings. The number of alkyl halides is 1. The molecule has 29 heavy (non-hydrogen) atoms. The molecule has 0 saturated carbocycles. The first-order valence-electron chi connectivity index (χ1n) is 9.54. The number of hydrogen-bond acceptors (Lipinski definition) is 5. The second-order valence-electron chi connectivity index (χ2n) is 6.96. The van der Waals surface area contributed by atoms with Crippen molar-refractivity contribution in [3.63, 3.8) is 0 Å². The van der Waals surface area contributed by atoms with Gasteiger partial charge in [0.25, 0.3) is 0 Å². The first-order chi connectivity index (χ1) is 13.8. The van der Waals surface area contributed by atoms with Gasteiger partial charge in [0.05, 0.1) is 5.75 Å². The lowest BCUT2D eigenvalue weighted by Gasteiger charge is -2.28. The minimum Gasteiger partial charge on any atom is -0.440 e. The minimum atomic E-state index is -3.62. The molecular formula is C21H25ClN2O4S. The zero-order valence-electron chi connectivity index (χ0n) is 16.7. The van der Waals surface area contributed by atoms with Crippen molar-refractivity contribution in [2.45, 2.75) is 31.6 Å². The number of ether oxygens (including phenoxy) is 1. The van der Waals surface area contributed by atoms with Crippen LogP contribution in [0, 0.1) is 6.92 Å². The summed E-state index contributed by atoms with van der Waals surface area (Å²) < 4.78 is 29.1. The Morgan fingerprint density at radius 3 is 2.45 bits per heavy atom. The Balaban J connectivity index is 1.77. The predicted octanol–water partition coefficient (Wildman–Crippen LogP) is 4.80. The second kappa shape index (κ2) is 8.63. The first kappa shape index (κ1) is 21.5. The van der Waals surface area contributed by atoms with Gasteiger partial charge in [-0.1, -0.05) is 24.3 Å². The molecule has 2 unspecified atom stereocenters. The van der Waals surface area contributed by atoms with Gasteiger partial charge in [-0.2, -0.15) is 0 Å². The molecule has 0 bridgehead atoms. The number of sulfone groups is 1. The van der Waals surface area contributed by atoms with Gasteiger partial charge in [-0.05, 0) is 55.7 Å². The minimum absolute atomic E-state index is 0.342. The Labute approximate surface area is 176 Å². The number of amides is 1. The van der Waals surface area contributed by atoms with Crippen LogP contribution >= 0.6 is 11.6 Å². The average molecular weight is 437 g/mol. The Morgan fingerprint density at radius 2 is 1.83 bits per heavy atom. The molecule has 3 rings (SSSR count). The number of carbonyl (C=O) groups is 1. The molecule has 1 aliphatic heterocycles. The predicted molar refractivity (Wildman–Crippen MR) is 116 cm³/mol. The fraction of sp³-hybridized carbons (Fsp3) is 0.381. The van der Waals surface area contributed by atoms with Crippen molar-refractivity contribution in [2.24, 2.45) is 0 Å². The van der Waals surface area contributed by atoms with E-state index in [-0.39, 0.29) is 5.75 Å². The van der Waals surface area contributed by atoms with Crippen LogP contribution in [0.3, 0.4) is 0 Å². The van der Waals surface area contributed by atoms with Crippen molar-refractivity contribution in [1.29, 1.82) is 0 Å². The lowest BCUT2D eigenvalue weighted by atomic mass is 10.0. The highest BCUT2D eigenvalue weighted by Gasteiger charge is 2.39. The number of carbonyl (C=O) groups excluding carboxylic acids is 1. The van der Waals surface area contributed by atoms with Crippen molar-refractivity contribution in [3.8, 4) is 0 Å². The molecule has 8 heteroatoms. The van der Waals surface area contributed by atoms with Gasteiger partial charge >= 0.3 is 6.09 Å². The third kappa shape index (κ3) is 4.51. The monoisotopic (exact) mass is 436 g/mol. The van der Waals surface area contributed by atoms with Crippen LogP contribution in [-0.4, -0.2) is 33.4 Å². The zero-order valence-corrected chi connectivity index (χ0v) is 18.3. The quantitative estimate of drug-likeness (QED) is 0.681. The number of anilines is 2. The Morgan fingerprint density at radius 1 is 1.17 bits per heavy atom. The van der Waals surface area contributed by atoms with Crippen molar-refractivity contribution in [2.75, 3.05) is 29.1 Å². The van der Waals surface area contributed by atoms with Crippen LogP contribution in [-0.2, 0) is 14.6 Å². The maximum Gasteiger partial charge on any atom is 0.412 e. The van der Waals surface area contributed by atoms with E-state index in [0.29, 0.717) is 16.8 Å². The molecule has 156 valence electrons. The molecule has 0 aromatic heterocycles. The molecule has 6 nitrogen and oxygen atoms in total. The van der Waals surface area contributed by atoms with Gasteiger partial charge in [0, 0.05) is 24.5 Å². The number of aryl methyl sites for hydroxylation is 1. The third-order valence-electron chi connectivity index (χ3n) is 5.11. The van der Waals surface area contributed by atoms with Crippen LogP contribution in [0.4, 0.5) is 16.2 Å². The molecule has 2 aromatic rings. The zero-order chi connectivity index (χ0) is 21.2. The van der Waals surface area contributed by atoms with Crippen molar-refractivity contribution in [1.82, 2.24) is 0 Å². The normalized spacial score (nSPS) is 19.9. The molecule has 0 saturated heterocycles. The van der Waals surface area contributed by atoms with E-state index in [0.717, 1.165) is 24.3 Å². The number of rotatable bonds is 5. The summed E-state index contributed by atoms with van der Waals surface area (Å²) in [6.45, 7) is 7.86. The molecule has 2 aromatic carbocycles. The largest absolute Gasteiger partial charge is 0.440 e. The summed E-state index contributed by atoms with van der Waals surface area (Å²) in [4.78, 5) is 14.7. The standard InChI is InChI=1S/C21H25ClN2O4S/c1-4-24(5-2)15-10-11-18(14(3)12-15)23-21(25)28-19-13-29(26,27)20(22)17-9-7-6-8-16(17)19/h6-12,19-20H,4-5,13H2,1-3H3,(H,23,25). The Hall–Kier alpha value is -2.25. The maximum atomic E-state index is 12.5. The number of nitrogens with one attached hydrogen (secondary N) is 1. The summed E-state index contributed by atoms with van der Waals surface area (Å²) >= 11 is 6.11.